The van der Waals surface area contributed by atoms with Gasteiger partial charge in [0.25, 0.3) is 5.56 Å². The zero-order valence-corrected chi connectivity index (χ0v) is 7.23. The second-order valence-corrected chi connectivity index (χ2v) is 2.73. The Morgan fingerprint density at radius 1 is 1.67 bits per heavy atom. The number of hydrogen-bond acceptors (Lipinski definition) is 2. The van der Waals surface area contributed by atoms with Crippen LogP contribution >= 0.6 is 12.2 Å². The van der Waals surface area contributed by atoms with Gasteiger partial charge in [-0.15, -0.1) is 0 Å². The Labute approximate surface area is 73.9 Å². The van der Waals surface area contributed by atoms with E-state index in [9.17, 15) is 9.18 Å². The van der Waals surface area contributed by atoms with E-state index in [1.54, 1.807) is 10.8 Å². The number of nitrogens with zero attached hydrogens (tertiary/aromatic N) is 1. The molecule has 0 saturated heterocycles. The van der Waals surface area contributed by atoms with Crippen LogP contribution in [0.3, 0.4) is 0 Å². The maximum absolute atomic E-state index is 11.8. The molecule has 0 amide bonds. The molecule has 0 aliphatic rings. The van der Waals surface area contributed by atoms with Gasteiger partial charge in [-0.2, -0.15) is 0 Å². The van der Waals surface area contributed by atoms with Crippen LogP contribution in [0, 0.1) is 4.77 Å². The molecule has 1 aromatic heterocycles. The van der Waals surface area contributed by atoms with Crippen LogP contribution < -0.4 is 5.56 Å². The molecule has 0 aliphatic heterocycles. The Morgan fingerprint density at radius 2 is 2.42 bits per heavy atom. The van der Waals surface area contributed by atoms with Gasteiger partial charge in [-0.25, -0.2) is 0 Å². The summed E-state index contributed by atoms with van der Waals surface area (Å²) in [6.07, 6.45) is 1.98. The van der Waals surface area contributed by atoms with E-state index in [2.05, 4.69) is 4.98 Å². The molecule has 0 saturated carbocycles. The third-order valence-electron chi connectivity index (χ3n) is 1.43. The highest BCUT2D eigenvalue weighted by Crippen LogP contribution is 1.90. The van der Waals surface area contributed by atoms with E-state index in [1.807, 2.05) is 0 Å². The Morgan fingerprint density at radius 3 is 3.00 bits per heavy atom. The van der Waals surface area contributed by atoms with Gasteiger partial charge in [0.2, 0.25) is 0 Å². The van der Waals surface area contributed by atoms with Crippen molar-refractivity contribution in [3.8, 4) is 0 Å². The summed E-state index contributed by atoms with van der Waals surface area (Å²) in [4.78, 5) is 13.2. The van der Waals surface area contributed by atoms with Crippen LogP contribution in [0.5, 0.6) is 0 Å². The first-order valence-electron chi connectivity index (χ1n) is 3.60. The Kier molecular flexibility index (Phi) is 3.16. The Hall–Kier alpha value is -0.970. The third-order valence-corrected chi connectivity index (χ3v) is 1.77. The molecule has 0 aromatic carbocycles. The standard InChI is InChI=1S/C7H9FN2OS/c8-3-1-4-10-5-2-6(11)9-7(10)12/h2,5H,1,3-4H2,(H,9,11,12). The van der Waals surface area contributed by atoms with E-state index in [-0.39, 0.29) is 12.2 Å². The van der Waals surface area contributed by atoms with E-state index >= 15 is 0 Å². The average molecular weight is 188 g/mol. The summed E-state index contributed by atoms with van der Waals surface area (Å²) in [5.74, 6) is 0. The van der Waals surface area contributed by atoms with Gasteiger partial charge < -0.3 is 4.57 Å². The fraction of sp³-hybridized carbons (Fsp3) is 0.429. The topological polar surface area (TPSA) is 37.8 Å². The number of halogens is 1. The molecule has 12 heavy (non-hydrogen) atoms. The minimum atomic E-state index is -0.374. The van der Waals surface area contributed by atoms with Crippen LogP contribution in [-0.4, -0.2) is 16.2 Å². The lowest BCUT2D eigenvalue weighted by molar-refractivity contribution is 0.443. The fourth-order valence-electron chi connectivity index (χ4n) is 0.850. The summed E-state index contributed by atoms with van der Waals surface area (Å²) in [5.41, 5.74) is -0.225. The van der Waals surface area contributed by atoms with Crippen molar-refractivity contribution in [2.45, 2.75) is 13.0 Å². The van der Waals surface area contributed by atoms with E-state index in [0.717, 1.165) is 0 Å². The van der Waals surface area contributed by atoms with Crippen molar-refractivity contribution in [3.63, 3.8) is 0 Å². The molecule has 3 nitrogen and oxygen atoms in total. The maximum Gasteiger partial charge on any atom is 0.251 e. The summed E-state index contributed by atoms with van der Waals surface area (Å²) in [6.45, 7) is 0.132. The lowest BCUT2D eigenvalue weighted by Crippen LogP contribution is -2.11. The lowest BCUT2D eigenvalue weighted by atomic mass is 10.4. The van der Waals surface area contributed by atoms with Crippen molar-refractivity contribution >= 4 is 12.2 Å². The van der Waals surface area contributed by atoms with Crippen molar-refractivity contribution in [3.05, 3.63) is 27.4 Å². The SMILES string of the molecule is O=c1ccn(CCCF)c(=S)[nH]1. The molecule has 66 valence electrons. The predicted molar refractivity (Wildman–Crippen MR) is 46.5 cm³/mol. The average Bonchev–Trinajstić information content (AvgIpc) is 2.03. The quantitative estimate of drug-likeness (QED) is 0.725. The molecule has 1 aromatic rings. The first-order valence-corrected chi connectivity index (χ1v) is 4.00. The number of hydrogen-bond donors (Lipinski definition) is 1. The van der Waals surface area contributed by atoms with Crippen molar-refractivity contribution in [1.29, 1.82) is 0 Å². The molecule has 1 N–H and O–H groups in total. The zero-order chi connectivity index (χ0) is 8.97. The summed E-state index contributed by atoms with van der Waals surface area (Å²) >= 11 is 4.84. The van der Waals surface area contributed by atoms with Gasteiger partial charge in [0.05, 0.1) is 6.67 Å². The second kappa shape index (κ2) is 4.15. The van der Waals surface area contributed by atoms with Crippen LogP contribution in [0.2, 0.25) is 0 Å². The predicted octanol–water partition coefficient (Wildman–Crippen LogP) is 1.27. The van der Waals surface area contributed by atoms with Gasteiger partial charge >= 0.3 is 0 Å². The first kappa shape index (κ1) is 9.12. The van der Waals surface area contributed by atoms with Gasteiger partial charge in [-0.3, -0.25) is 14.2 Å². The summed E-state index contributed by atoms with van der Waals surface area (Å²) in [6, 6.07) is 1.37. The third kappa shape index (κ3) is 2.27. The van der Waals surface area contributed by atoms with E-state index < -0.39 is 0 Å². The molecule has 0 unspecified atom stereocenters. The van der Waals surface area contributed by atoms with E-state index in [4.69, 9.17) is 12.2 Å². The van der Waals surface area contributed by atoms with Crippen LogP contribution in [0.15, 0.2) is 17.1 Å². The molecule has 0 atom stereocenters. The van der Waals surface area contributed by atoms with Crippen molar-refractivity contribution in [2.75, 3.05) is 6.67 Å². The molecule has 5 heteroatoms. The summed E-state index contributed by atoms with van der Waals surface area (Å²) in [7, 11) is 0. The number of aromatic amines is 1. The normalized spacial score (nSPS) is 10.1. The van der Waals surface area contributed by atoms with Gasteiger partial charge in [0.15, 0.2) is 4.77 Å². The summed E-state index contributed by atoms with van der Waals surface area (Å²) < 4.78 is 13.7. The van der Waals surface area contributed by atoms with Crippen molar-refractivity contribution < 1.29 is 4.39 Å². The number of alkyl halides is 1. The molecular weight excluding hydrogens is 179 g/mol. The van der Waals surface area contributed by atoms with Gasteiger partial charge in [0.1, 0.15) is 0 Å². The van der Waals surface area contributed by atoms with Crippen molar-refractivity contribution in [2.24, 2.45) is 0 Å². The van der Waals surface area contributed by atoms with Crippen LogP contribution in [-0.2, 0) is 6.54 Å². The lowest BCUT2D eigenvalue weighted by Gasteiger charge is -2.02. The Balaban J connectivity index is 2.87. The minimum Gasteiger partial charge on any atom is -0.325 e. The number of H-pyrrole nitrogens is 1. The van der Waals surface area contributed by atoms with Gasteiger partial charge in [-0.05, 0) is 18.6 Å². The van der Waals surface area contributed by atoms with Crippen LogP contribution in [0.25, 0.3) is 0 Å². The molecule has 0 aliphatic carbocycles. The van der Waals surface area contributed by atoms with E-state index in [1.165, 1.54) is 6.07 Å². The number of aryl methyl sites for hydroxylation is 1. The Bertz CT molecular complexity index is 357. The highest BCUT2D eigenvalue weighted by molar-refractivity contribution is 7.71. The molecular formula is C7H9FN2OS. The van der Waals surface area contributed by atoms with Crippen molar-refractivity contribution in [1.82, 2.24) is 9.55 Å². The number of rotatable bonds is 3. The highest BCUT2D eigenvalue weighted by atomic mass is 32.1. The molecule has 0 bridgehead atoms. The minimum absolute atomic E-state index is 0.225. The molecule has 0 radical (unpaired) electrons. The summed E-state index contributed by atoms with van der Waals surface area (Å²) in [5, 5.41) is 0. The smallest absolute Gasteiger partial charge is 0.251 e. The van der Waals surface area contributed by atoms with Crippen LogP contribution in [0.4, 0.5) is 4.39 Å². The number of nitrogens with one attached hydrogen (secondary N) is 1. The highest BCUT2D eigenvalue weighted by Gasteiger charge is 1.91. The molecule has 1 heterocycles. The van der Waals surface area contributed by atoms with Crippen LogP contribution in [0.1, 0.15) is 6.42 Å². The molecule has 0 fully saturated rings. The number of aromatic nitrogens is 2. The maximum atomic E-state index is 11.8. The van der Waals surface area contributed by atoms with E-state index in [0.29, 0.717) is 17.7 Å². The second-order valence-electron chi connectivity index (χ2n) is 2.35. The largest absolute Gasteiger partial charge is 0.325 e. The molecule has 1 rings (SSSR count). The molecule has 0 spiro atoms. The van der Waals surface area contributed by atoms with Gasteiger partial charge in [-0.1, -0.05) is 0 Å². The fourth-order valence-corrected chi connectivity index (χ4v) is 1.10. The van der Waals surface area contributed by atoms with Gasteiger partial charge in [0, 0.05) is 18.8 Å². The first-order chi connectivity index (χ1) is 5.74. The monoisotopic (exact) mass is 188 g/mol. The zero-order valence-electron chi connectivity index (χ0n) is 6.42.